The Bertz CT molecular complexity index is 371. The summed E-state index contributed by atoms with van der Waals surface area (Å²) < 4.78 is 4.65. The summed E-state index contributed by atoms with van der Waals surface area (Å²) in [5.41, 5.74) is -0.192. The molecule has 1 saturated heterocycles. The summed E-state index contributed by atoms with van der Waals surface area (Å²) >= 11 is 0. The zero-order valence-corrected chi connectivity index (χ0v) is 10.7. The predicted octanol–water partition coefficient (Wildman–Crippen LogP) is 0.508. The minimum atomic E-state index is -0.192. The Labute approximate surface area is 107 Å². The van der Waals surface area contributed by atoms with Crippen molar-refractivity contribution in [3.05, 3.63) is 12.2 Å². The summed E-state index contributed by atoms with van der Waals surface area (Å²) in [6.45, 7) is 4.50. The van der Waals surface area contributed by atoms with E-state index < -0.39 is 0 Å². The Morgan fingerprint density at radius 1 is 1.56 bits per heavy atom. The minimum absolute atomic E-state index is 0.162. The number of carbonyl (C=O) groups is 1. The second-order valence-corrected chi connectivity index (χ2v) is 4.74. The Morgan fingerprint density at radius 3 is 2.94 bits per heavy atom. The molecule has 0 spiro atoms. The number of piperidine rings is 1. The third-order valence-corrected chi connectivity index (χ3v) is 3.76. The zero-order chi connectivity index (χ0) is 12.8. The molecule has 0 unspecified atom stereocenters. The molecule has 0 atom stereocenters. The van der Waals surface area contributed by atoms with Gasteiger partial charge in [-0.25, -0.2) is 0 Å². The highest BCUT2D eigenvalue weighted by Gasteiger charge is 2.37. The highest BCUT2D eigenvalue weighted by atomic mass is 16.5. The smallest absolute Gasteiger partial charge is 0.226 e. The van der Waals surface area contributed by atoms with E-state index in [4.69, 9.17) is 0 Å². The van der Waals surface area contributed by atoms with E-state index in [1.807, 2.05) is 0 Å². The fourth-order valence-electron chi connectivity index (χ4n) is 2.42. The average Bonchev–Trinajstić information content (AvgIpc) is 2.92. The summed E-state index contributed by atoms with van der Waals surface area (Å²) in [7, 11) is 0. The molecule has 0 aliphatic carbocycles. The lowest BCUT2D eigenvalue weighted by molar-refractivity contribution is -0.132. The lowest BCUT2D eigenvalue weighted by Crippen LogP contribution is -2.47. The second kappa shape index (κ2) is 5.95. The van der Waals surface area contributed by atoms with Crippen LogP contribution in [0.3, 0.4) is 0 Å². The molecule has 2 heterocycles. The first-order valence-electron chi connectivity index (χ1n) is 6.51. The van der Waals surface area contributed by atoms with Crippen LogP contribution in [0, 0.1) is 5.41 Å². The lowest BCUT2D eigenvalue weighted by Gasteiger charge is -2.35. The third kappa shape index (κ3) is 2.87. The molecule has 0 aromatic carbocycles. The van der Waals surface area contributed by atoms with Crippen molar-refractivity contribution in [3.8, 4) is 0 Å². The van der Waals surface area contributed by atoms with Gasteiger partial charge in [-0.15, -0.1) is 0 Å². The molecule has 2 rings (SSSR count). The number of nitrogens with zero attached hydrogens (tertiary/aromatic N) is 2. The van der Waals surface area contributed by atoms with Crippen molar-refractivity contribution >= 4 is 5.91 Å². The first-order valence-corrected chi connectivity index (χ1v) is 6.51. The number of carbonyl (C=O) groups excluding carboxylic acids is 1. The van der Waals surface area contributed by atoms with Gasteiger partial charge in [0.25, 0.3) is 0 Å². The van der Waals surface area contributed by atoms with Gasteiger partial charge in [-0.3, -0.25) is 4.79 Å². The summed E-state index contributed by atoms with van der Waals surface area (Å²) in [4.78, 5) is 16.2. The van der Waals surface area contributed by atoms with Gasteiger partial charge in [0, 0.05) is 13.0 Å². The monoisotopic (exact) mass is 252 g/mol. The zero-order valence-electron chi connectivity index (χ0n) is 10.7. The van der Waals surface area contributed by atoms with Crippen LogP contribution < -0.4 is 10.6 Å². The van der Waals surface area contributed by atoms with Crippen LogP contribution in [0.25, 0.3) is 0 Å². The van der Waals surface area contributed by atoms with Crippen LogP contribution >= 0.6 is 0 Å². The molecule has 100 valence electrons. The van der Waals surface area contributed by atoms with Crippen molar-refractivity contribution in [2.75, 3.05) is 19.6 Å². The van der Waals surface area contributed by atoms with Crippen molar-refractivity contribution in [3.63, 3.8) is 0 Å². The maximum atomic E-state index is 12.3. The molecule has 1 aliphatic rings. The largest absolute Gasteiger partial charge is 0.355 e. The molecular weight excluding hydrogens is 232 g/mol. The van der Waals surface area contributed by atoms with E-state index in [9.17, 15) is 4.79 Å². The standard InChI is InChI=1S/C12H20N4O2/c1-2-12(4-7-13-8-5-12)11(17)14-6-3-10-15-9-18-16-10/h9,13H,2-8H2,1H3,(H,14,17). The van der Waals surface area contributed by atoms with E-state index >= 15 is 0 Å². The molecule has 6 nitrogen and oxygen atoms in total. The Kier molecular flexibility index (Phi) is 4.30. The second-order valence-electron chi connectivity index (χ2n) is 4.74. The maximum Gasteiger partial charge on any atom is 0.226 e. The molecule has 18 heavy (non-hydrogen) atoms. The highest BCUT2D eigenvalue weighted by molar-refractivity contribution is 5.82. The van der Waals surface area contributed by atoms with Gasteiger partial charge in [0.15, 0.2) is 5.82 Å². The summed E-state index contributed by atoms with van der Waals surface area (Å²) in [6.07, 6.45) is 4.63. The van der Waals surface area contributed by atoms with Gasteiger partial charge in [0.1, 0.15) is 0 Å². The quantitative estimate of drug-likeness (QED) is 0.798. The first kappa shape index (κ1) is 13.0. The molecule has 6 heteroatoms. The SMILES string of the molecule is CCC1(C(=O)NCCc2ncon2)CCNCC1. The van der Waals surface area contributed by atoms with E-state index in [1.54, 1.807) is 0 Å². The van der Waals surface area contributed by atoms with Crippen molar-refractivity contribution in [1.82, 2.24) is 20.8 Å². The van der Waals surface area contributed by atoms with Gasteiger partial charge in [0.2, 0.25) is 12.3 Å². The summed E-state index contributed by atoms with van der Waals surface area (Å²) in [5, 5.41) is 10.0. The highest BCUT2D eigenvalue weighted by Crippen LogP contribution is 2.32. The summed E-state index contributed by atoms with van der Waals surface area (Å²) in [6, 6.07) is 0. The normalized spacial score (nSPS) is 18.5. The van der Waals surface area contributed by atoms with Crippen molar-refractivity contribution in [2.24, 2.45) is 5.41 Å². The molecule has 1 amide bonds. The van der Waals surface area contributed by atoms with E-state index in [-0.39, 0.29) is 11.3 Å². The summed E-state index contributed by atoms with van der Waals surface area (Å²) in [5.74, 6) is 0.793. The number of nitrogens with one attached hydrogen (secondary N) is 2. The fourth-order valence-corrected chi connectivity index (χ4v) is 2.42. The van der Waals surface area contributed by atoms with Crippen molar-refractivity contribution in [1.29, 1.82) is 0 Å². The van der Waals surface area contributed by atoms with E-state index in [1.165, 1.54) is 6.39 Å². The van der Waals surface area contributed by atoms with E-state index in [2.05, 4.69) is 32.2 Å². The van der Waals surface area contributed by atoms with E-state index in [0.717, 1.165) is 32.4 Å². The van der Waals surface area contributed by atoms with Crippen LogP contribution in [0.1, 0.15) is 32.0 Å². The van der Waals surface area contributed by atoms with Crippen LogP contribution in [-0.4, -0.2) is 35.7 Å². The van der Waals surface area contributed by atoms with Crippen LogP contribution in [0.4, 0.5) is 0 Å². The molecule has 0 radical (unpaired) electrons. The van der Waals surface area contributed by atoms with Gasteiger partial charge >= 0.3 is 0 Å². The maximum absolute atomic E-state index is 12.3. The topological polar surface area (TPSA) is 80.1 Å². The number of aromatic nitrogens is 2. The number of hydrogen-bond donors (Lipinski definition) is 2. The van der Waals surface area contributed by atoms with Crippen LogP contribution in [0.15, 0.2) is 10.9 Å². The minimum Gasteiger partial charge on any atom is -0.355 e. The van der Waals surface area contributed by atoms with Gasteiger partial charge < -0.3 is 15.2 Å². The van der Waals surface area contributed by atoms with Gasteiger partial charge in [0.05, 0.1) is 5.41 Å². The van der Waals surface area contributed by atoms with Gasteiger partial charge in [-0.2, -0.15) is 4.98 Å². The van der Waals surface area contributed by atoms with Crippen molar-refractivity contribution < 1.29 is 9.32 Å². The van der Waals surface area contributed by atoms with Crippen LogP contribution in [-0.2, 0) is 11.2 Å². The molecule has 1 aromatic rings. The van der Waals surface area contributed by atoms with Gasteiger partial charge in [-0.05, 0) is 32.4 Å². The Hall–Kier alpha value is -1.43. The fraction of sp³-hybridized carbons (Fsp3) is 0.750. The van der Waals surface area contributed by atoms with Crippen molar-refractivity contribution in [2.45, 2.75) is 32.6 Å². The molecule has 2 N–H and O–H groups in total. The number of rotatable bonds is 5. The molecule has 1 fully saturated rings. The average molecular weight is 252 g/mol. The molecule has 0 saturated carbocycles. The predicted molar refractivity (Wildman–Crippen MR) is 65.8 cm³/mol. The van der Waals surface area contributed by atoms with E-state index in [0.29, 0.717) is 18.8 Å². The third-order valence-electron chi connectivity index (χ3n) is 3.76. The van der Waals surface area contributed by atoms with Crippen LogP contribution in [0.5, 0.6) is 0 Å². The molecule has 1 aliphatic heterocycles. The first-order chi connectivity index (χ1) is 8.77. The number of hydrogen-bond acceptors (Lipinski definition) is 5. The van der Waals surface area contributed by atoms with Crippen LogP contribution in [0.2, 0.25) is 0 Å². The lowest BCUT2D eigenvalue weighted by atomic mass is 9.76. The molecule has 0 bridgehead atoms. The molecular formula is C12H20N4O2. The Balaban J connectivity index is 1.82. The molecule has 1 aromatic heterocycles. The Morgan fingerprint density at radius 2 is 2.33 bits per heavy atom. The van der Waals surface area contributed by atoms with Gasteiger partial charge in [-0.1, -0.05) is 12.1 Å². The number of amides is 1.